The van der Waals surface area contributed by atoms with E-state index in [2.05, 4.69) is 19.7 Å². The summed E-state index contributed by atoms with van der Waals surface area (Å²) in [6.07, 6.45) is 0. The number of anilines is 2. The third-order valence-electron chi connectivity index (χ3n) is 4.60. The fourth-order valence-corrected chi connectivity index (χ4v) is 4.30. The lowest BCUT2D eigenvalue weighted by Crippen LogP contribution is -2.43. The monoisotopic (exact) mass is 441 g/mol. The van der Waals surface area contributed by atoms with Crippen LogP contribution < -0.4 is 24.4 Å². The number of hydrogen-bond donors (Lipinski definition) is 2. The maximum absolute atomic E-state index is 13.0. The predicted molar refractivity (Wildman–Crippen MR) is 111 cm³/mol. The summed E-state index contributed by atoms with van der Waals surface area (Å²) in [5.74, 6) is 0.359. The highest BCUT2D eigenvalue weighted by atomic mass is 32.2. The smallest absolute Gasteiger partial charge is 0.387 e. The molecule has 0 radical (unpaired) electrons. The number of hydrogen-bond acceptors (Lipinski definition) is 6. The van der Waals surface area contributed by atoms with E-state index in [1.165, 1.54) is 18.2 Å². The molecule has 0 spiro atoms. The first kappa shape index (κ1) is 22.1. The van der Waals surface area contributed by atoms with Gasteiger partial charge in [-0.15, -0.1) is 0 Å². The first-order valence-corrected chi connectivity index (χ1v) is 11.1. The molecule has 1 fully saturated rings. The molecule has 2 aromatic rings. The van der Waals surface area contributed by atoms with Crippen molar-refractivity contribution < 1.29 is 26.7 Å². The normalized spacial score (nSPS) is 14.6. The minimum Gasteiger partial charge on any atom is -0.492 e. The second-order valence-electron chi connectivity index (χ2n) is 6.78. The molecule has 2 aromatic carbocycles. The fourth-order valence-electron chi connectivity index (χ4n) is 3.21. The Hall–Kier alpha value is -2.59. The molecule has 3 rings (SSSR count). The van der Waals surface area contributed by atoms with Gasteiger partial charge in [0.15, 0.2) is 0 Å². The second-order valence-corrected chi connectivity index (χ2v) is 8.47. The molecule has 7 nitrogen and oxygen atoms in total. The van der Waals surface area contributed by atoms with Crippen LogP contribution in [0, 0.1) is 6.92 Å². The minimum absolute atomic E-state index is 0.00283. The SMILES string of the molecule is CCOc1ccc(S(=O)(=O)Nc2ccc(C)cc2OC(F)F)cc1N1CCNCC1. The van der Waals surface area contributed by atoms with E-state index in [0.29, 0.717) is 36.7 Å². The zero-order valence-corrected chi connectivity index (χ0v) is 17.6. The number of ether oxygens (including phenoxy) is 2. The van der Waals surface area contributed by atoms with E-state index in [1.807, 2.05) is 6.92 Å². The number of halogens is 2. The van der Waals surface area contributed by atoms with Gasteiger partial charge >= 0.3 is 6.61 Å². The van der Waals surface area contributed by atoms with Crippen LogP contribution in [0.4, 0.5) is 20.2 Å². The van der Waals surface area contributed by atoms with Crippen molar-refractivity contribution >= 4 is 21.4 Å². The van der Waals surface area contributed by atoms with E-state index in [9.17, 15) is 17.2 Å². The maximum Gasteiger partial charge on any atom is 0.387 e. The van der Waals surface area contributed by atoms with E-state index in [0.717, 1.165) is 13.1 Å². The zero-order chi connectivity index (χ0) is 21.7. The van der Waals surface area contributed by atoms with E-state index in [4.69, 9.17) is 4.74 Å². The number of rotatable bonds is 8. The van der Waals surface area contributed by atoms with Crippen molar-refractivity contribution in [1.29, 1.82) is 0 Å². The third kappa shape index (κ3) is 5.31. The molecule has 1 saturated heterocycles. The number of nitrogens with one attached hydrogen (secondary N) is 2. The molecule has 2 N–H and O–H groups in total. The van der Waals surface area contributed by atoms with Crippen LogP contribution in [-0.2, 0) is 10.0 Å². The summed E-state index contributed by atoms with van der Waals surface area (Å²) in [7, 11) is -4.05. The molecular formula is C20H25F2N3O4S. The zero-order valence-electron chi connectivity index (χ0n) is 16.8. The van der Waals surface area contributed by atoms with Gasteiger partial charge in [0.2, 0.25) is 0 Å². The Morgan fingerprint density at radius 3 is 2.53 bits per heavy atom. The van der Waals surface area contributed by atoms with Crippen LogP contribution in [0.5, 0.6) is 11.5 Å². The van der Waals surface area contributed by atoms with Gasteiger partial charge in [0.25, 0.3) is 10.0 Å². The van der Waals surface area contributed by atoms with Gasteiger partial charge in [-0.1, -0.05) is 6.07 Å². The molecular weight excluding hydrogens is 416 g/mol. The van der Waals surface area contributed by atoms with Gasteiger partial charge in [0, 0.05) is 26.2 Å². The van der Waals surface area contributed by atoms with Gasteiger partial charge in [-0.3, -0.25) is 4.72 Å². The van der Waals surface area contributed by atoms with Gasteiger partial charge in [-0.05, 0) is 49.7 Å². The summed E-state index contributed by atoms with van der Waals surface area (Å²) in [6, 6.07) is 8.95. The Kier molecular flexibility index (Phi) is 6.99. The van der Waals surface area contributed by atoms with Crippen molar-refractivity contribution in [3.05, 3.63) is 42.0 Å². The summed E-state index contributed by atoms with van der Waals surface area (Å²) >= 11 is 0. The topological polar surface area (TPSA) is 79.9 Å². The van der Waals surface area contributed by atoms with Crippen LogP contribution in [0.25, 0.3) is 0 Å². The fraction of sp³-hybridized carbons (Fsp3) is 0.400. The summed E-state index contributed by atoms with van der Waals surface area (Å²) in [5, 5.41) is 3.25. The van der Waals surface area contributed by atoms with Crippen LogP contribution in [0.3, 0.4) is 0 Å². The van der Waals surface area contributed by atoms with Crippen LogP contribution in [0.2, 0.25) is 0 Å². The van der Waals surface area contributed by atoms with Crippen LogP contribution in [0.15, 0.2) is 41.3 Å². The summed E-state index contributed by atoms with van der Waals surface area (Å²) < 4.78 is 64.0. The Bertz CT molecular complexity index is 980. The number of sulfonamides is 1. The molecule has 1 heterocycles. The van der Waals surface area contributed by atoms with Crippen molar-refractivity contribution in [3.8, 4) is 11.5 Å². The molecule has 1 aliphatic heterocycles. The predicted octanol–water partition coefficient (Wildman–Crippen LogP) is 3.21. The summed E-state index contributed by atoms with van der Waals surface area (Å²) in [6.45, 7) is 3.90. The lowest BCUT2D eigenvalue weighted by Gasteiger charge is -2.31. The van der Waals surface area contributed by atoms with Crippen molar-refractivity contribution in [3.63, 3.8) is 0 Å². The molecule has 164 valence electrons. The second kappa shape index (κ2) is 9.48. The lowest BCUT2D eigenvalue weighted by atomic mass is 10.2. The summed E-state index contributed by atoms with van der Waals surface area (Å²) in [4.78, 5) is 2.06. The van der Waals surface area contributed by atoms with Gasteiger partial charge in [-0.2, -0.15) is 8.78 Å². The maximum atomic E-state index is 13.0. The molecule has 0 aliphatic carbocycles. The van der Waals surface area contributed by atoms with E-state index >= 15 is 0 Å². The Morgan fingerprint density at radius 1 is 1.13 bits per heavy atom. The average molecular weight is 442 g/mol. The summed E-state index contributed by atoms with van der Waals surface area (Å²) in [5.41, 5.74) is 1.28. The first-order valence-electron chi connectivity index (χ1n) is 9.61. The van der Waals surface area contributed by atoms with Gasteiger partial charge in [-0.25, -0.2) is 8.42 Å². The van der Waals surface area contributed by atoms with E-state index < -0.39 is 16.6 Å². The molecule has 0 atom stereocenters. The highest BCUT2D eigenvalue weighted by Gasteiger charge is 2.22. The molecule has 1 aliphatic rings. The number of aryl methyl sites for hydroxylation is 1. The number of nitrogens with zero attached hydrogens (tertiary/aromatic N) is 1. The van der Waals surface area contributed by atoms with Gasteiger partial charge < -0.3 is 19.7 Å². The molecule has 0 saturated carbocycles. The Labute approximate surface area is 175 Å². The number of alkyl halides is 2. The van der Waals surface area contributed by atoms with E-state index in [-0.39, 0.29) is 16.3 Å². The number of piperazine rings is 1. The number of benzene rings is 2. The molecule has 0 aromatic heterocycles. The Balaban J connectivity index is 1.94. The van der Waals surface area contributed by atoms with Crippen LogP contribution in [-0.4, -0.2) is 47.8 Å². The molecule has 0 bridgehead atoms. The molecule has 30 heavy (non-hydrogen) atoms. The van der Waals surface area contributed by atoms with Crippen molar-refractivity contribution in [2.24, 2.45) is 0 Å². The molecule has 10 heteroatoms. The quantitative estimate of drug-likeness (QED) is 0.655. The first-order chi connectivity index (χ1) is 14.3. The largest absolute Gasteiger partial charge is 0.492 e. The van der Waals surface area contributed by atoms with Crippen LogP contribution in [0.1, 0.15) is 12.5 Å². The van der Waals surface area contributed by atoms with E-state index in [1.54, 1.807) is 25.1 Å². The highest BCUT2D eigenvalue weighted by molar-refractivity contribution is 7.92. The average Bonchev–Trinajstić information content (AvgIpc) is 2.70. The lowest BCUT2D eigenvalue weighted by molar-refractivity contribution is -0.0493. The Morgan fingerprint density at radius 2 is 1.87 bits per heavy atom. The van der Waals surface area contributed by atoms with Crippen molar-refractivity contribution in [1.82, 2.24) is 5.32 Å². The van der Waals surface area contributed by atoms with Crippen molar-refractivity contribution in [2.45, 2.75) is 25.4 Å². The van der Waals surface area contributed by atoms with Gasteiger partial charge in [0.05, 0.1) is 22.9 Å². The molecule has 0 unspecified atom stereocenters. The van der Waals surface area contributed by atoms with Gasteiger partial charge in [0.1, 0.15) is 11.5 Å². The third-order valence-corrected chi connectivity index (χ3v) is 5.96. The van der Waals surface area contributed by atoms with Crippen molar-refractivity contribution in [2.75, 3.05) is 42.4 Å². The highest BCUT2D eigenvalue weighted by Crippen LogP contribution is 2.34. The minimum atomic E-state index is -4.05. The standard InChI is InChI=1S/C20H25F2N3O4S/c1-3-28-18-7-5-15(13-17(18)25-10-8-23-9-11-25)30(26,27)24-16-6-4-14(2)12-19(16)29-20(21)22/h4-7,12-13,20,23-24H,3,8-11H2,1-2H3. The van der Waals surface area contributed by atoms with Crippen LogP contribution >= 0.6 is 0 Å². The molecule has 0 amide bonds.